The summed E-state index contributed by atoms with van der Waals surface area (Å²) in [5.41, 5.74) is 6.22. The highest BCUT2D eigenvalue weighted by atomic mass is 32.2. The number of hydrogen-bond acceptors (Lipinski definition) is 5. The van der Waals surface area contributed by atoms with Crippen molar-refractivity contribution in [3.8, 4) is 5.75 Å². The Hall–Kier alpha value is -1.76. The van der Waals surface area contributed by atoms with Crippen LogP contribution in [-0.2, 0) is 14.6 Å². The molecule has 0 aliphatic carbocycles. The summed E-state index contributed by atoms with van der Waals surface area (Å²) in [6, 6.07) is 6.92. The smallest absolute Gasteiger partial charge is 0.223 e. The van der Waals surface area contributed by atoms with E-state index < -0.39 is 9.84 Å². The monoisotopic (exact) mass is 312 g/mol. The minimum Gasteiger partial charge on any atom is -0.493 e. The molecule has 0 spiro atoms. The molecule has 6 nitrogen and oxygen atoms in total. The van der Waals surface area contributed by atoms with Crippen molar-refractivity contribution in [1.82, 2.24) is 5.32 Å². The van der Waals surface area contributed by atoms with Crippen LogP contribution in [0.3, 0.4) is 0 Å². The number of ether oxygens (including phenoxy) is 1. The zero-order valence-electron chi connectivity index (χ0n) is 11.7. The number of nitrogens with two attached hydrogens (primary N) is 1. The molecule has 1 amide bonds. The van der Waals surface area contributed by atoms with Crippen LogP contribution in [0.15, 0.2) is 24.3 Å². The molecule has 1 fully saturated rings. The van der Waals surface area contributed by atoms with Crippen molar-refractivity contribution in [2.45, 2.75) is 25.3 Å². The third-order valence-electron chi connectivity index (χ3n) is 3.40. The number of hydrogen-bond donors (Lipinski definition) is 2. The molecule has 0 radical (unpaired) electrons. The highest BCUT2D eigenvalue weighted by molar-refractivity contribution is 7.91. The largest absolute Gasteiger partial charge is 0.493 e. The maximum Gasteiger partial charge on any atom is 0.223 e. The average Bonchev–Trinajstić information content (AvgIpc) is 2.43. The first kappa shape index (κ1) is 15.6. The van der Waals surface area contributed by atoms with Crippen LogP contribution < -0.4 is 15.8 Å². The van der Waals surface area contributed by atoms with Crippen molar-refractivity contribution in [2.75, 3.05) is 23.8 Å². The molecule has 0 aromatic heterocycles. The molecule has 0 bridgehead atoms. The van der Waals surface area contributed by atoms with E-state index in [0.29, 0.717) is 24.3 Å². The number of rotatable bonds is 5. The summed E-state index contributed by atoms with van der Waals surface area (Å²) in [5, 5.41) is 2.85. The fourth-order valence-electron chi connectivity index (χ4n) is 2.16. The Morgan fingerprint density at radius 1 is 1.24 bits per heavy atom. The minimum absolute atomic E-state index is 0.0439. The number of sulfone groups is 1. The predicted molar refractivity (Wildman–Crippen MR) is 80.8 cm³/mol. The molecule has 116 valence electrons. The molecule has 3 N–H and O–H groups in total. The quantitative estimate of drug-likeness (QED) is 0.781. The van der Waals surface area contributed by atoms with Crippen molar-refractivity contribution in [3.63, 3.8) is 0 Å². The van der Waals surface area contributed by atoms with E-state index in [1.807, 2.05) is 0 Å². The Morgan fingerprint density at radius 2 is 1.86 bits per heavy atom. The van der Waals surface area contributed by atoms with Gasteiger partial charge in [-0.2, -0.15) is 0 Å². The van der Waals surface area contributed by atoms with Crippen LogP contribution in [0.5, 0.6) is 5.75 Å². The van der Waals surface area contributed by atoms with Gasteiger partial charge in [0.15, 0.2) is 0 Å². The van der Waals surface area contributed by atoms with Gasteiger partial charge >= 0.3 is 0 Å². The summed E-state index contributed by atoms with van der Waals surface area (Å²) in [6.07, 6.45) is 1.23. The van der Waals surface area contributed by atoms with Gasteiger partial charge in [0, 0.05) is 11.7 Å². The number of nitrogens with one attached hydrogen (secondary N) is 1. The standard InChI is InChI=1S/C14H20N2O4S/c15-11-1-3-13(4-2-11)20-8-5-14(17)16-12-6-9-21(18,19)10-7-12/h1-4,12H,5-10,15H2,(H,16,17). The number of anilines is 1. The van der Waals surface area contributed by atoms with Crippen molar-refractivity contribution in [1.29, 1.82) is 0 Å². The molecule has 21 heavy (non-hydrogen) atoms. The lowest BCUT2D eigenvalue weighted by atomic mass is 10.1. The van der Waals surface area contributed by atoms with Crippen molar-refractivity contribution in [3.05, 3.63) is 24.3 Å². The topological polar surface area (TPSA) is 98.5 Å². The third kappa shape index (κ3) is 5.26. The third-order valence-corrected chi connectivity index (χ3v) is 5.11. The van der Waals surface area contributed by atoms with Gasteiger partial charge in [-0.25, -0.2) is 8.42 Å². The van der Waals surface area contributed by atoms with Gasteiger partial charge in [0.1, 0.15) is 15.6 Å². The van der Waals surface area contributed by atoms with Crippen LogP contribution in [0.4, 0.5) is 5.69 Å². The van der Waals surface area contributed by atoms with Crippen molar-refractivity contribution < 1.29 is 17.9 Å². The van der Waals surface area contributed by atoms with Gasteiger partial charge in [-0.3, -0.25) is 4.79 Å². The SMILES string of the molecule is Nc1ccc(OCCC(=O)NC2CCS(=O)(=O)CC2)cc1. The molecule has 1 aliphatic rings. The first-order valence-electron chi connectivity index (χ1n) is 6.93. The summed E-state index contributed by atoms with van der Waals surface area (Å²) in [6.45, 7) is 0.279. The summed E-state index contributed by atoms with van der Waals surface area (Å²) in [7, 11) is -2.89. The second-order valence-electron chi connectivity index (χ2n) is 5.16. The molecular formula is C14H20N2O4S. The van der Waals surface area contributed by atoms with E-state index in [-0.39, 0.29) is 36.5 Å². The number of benzene rings is 1. The number of nitrogen functional groups attached to an aromatic ring is 1. The second kappa shape index (κ2) is 6.80. The molecule has 2 rings (SSSR count). The predicted octanol–water partition coefficient (Wildman–Crippen LogP) is 0.731. The fourth-order valence-corrected chi connectivity index (χ4v) is 3.65. The van der Waals surface area contributed by atoms with Crippen LogP contribution in [-0.4, -0.2) is 38.5 Å². The molecule has 1 saturated heterocycles. The highest BCUT2D eigenvalue weighted by Crippen LogP contribution is 2.14. The van der Waals surface area contributed by atoms with Gasteiger partial charge in [0.2, 0.25) is 5.91 Å². The van der Waals surface area contributed by atoms with Crippen molar-refractivity contribution >= 4 is 21.4 Å². The maximum atomic E-state index is 11.8. The molecule has 7 heteroatoms. The molecule has 1 heterocycles. The Labute approximate surface area is 124 Å². The van der Waals surface area contributed by atoms with Crippen molar-refractivity contribution in [2.24, 2.45) is 0 Å². The number of carbonyl (C=O) groups is 1. The van der Waals surface area contributed by atoms with E-state index in [9.17, 15) is 13.2 Å². The molecule has 1 aromatic carbocycles. The Balaban J connectivity index is 1.67. The summed E-state index contributed by atoms with van der Waals surface area (Å²) < 4.78 is 28.0. The first-order valence-corrected chi connectivity index (χ1v) is 8.75. The van der Waals surface area contributed by atoms with Gasteiger partial charge in [-0.15, -0.1) is 0 Å². The lowest BCUT2D eigenvalue weighted by Crippen LogP contribution is -2.41. The molecule has 0 unspecified atom stereocenters. The summed E-state index contributed by atoms with van der Waals surface area (Å²) >= 11 is 0. The average molecular weight is 312 g/mol. The summed E-state index contributed by atoms with van der Waals surface area (Å²) in [4.78, 5) is 11.8. The zero-order valence-corrected chi connectivity index (χ0v) is 12.6. The van der Waals surface area contributed by atoms with Gasteiger partial charge in [-0.1, -0.05) is 0 Å². The van der Waals surface area contributed by atoms with E-state index in [1.165, 1.54) is 0 Å². The van der Waals surface area contributed by atoms with Crippen LogP contribution in [0.25, 0.3) is 0 Å². The van der Waals surface area contributed by atoms with Gasteiger partial charge in [0.05, 0.1) is 24.5 Å². The minimum atomic E-state index is -2.89. The van der Waals surface area contributed by atoms with E-state index in [2.05, 4.69) is 5.32 Å². The molecule has 1 aliphatic heterocycles. The normalized spacial score (nSPS) is 18.1. The van der Waals surface area contributed by atoms with Gasteiger partial charge in [0.25, 0.3) is 0 Å². The Bertz CT molecular complexity index is 569. The Morgan fingerprint density at radius 3 is 2.48 bits per heavy atom. The summed E-state index contributed by atoms with van der Waals surface area (Å²) in [5.74, 6) is 0.857. The van der Waals surface area contributed by atoms with E-state index >= 15 is 0 Å². The molecule has 0 saturated carbocycles. The van der Waals surface area contributed by atoms with E-state index in [0.717, 1.165) is 0 Å². The number of carbonyl (C=O) groups excluding carboxylic acids is 1. The Kier molecular flexibility index (Phi) is 5.06. The molecule has 0 atom stereocenters. The second-order valence-corrected chi connectivity index (χ2v) is 7.46. The maximum absolute atomic E-state index is 11.8. The van der Waals surface area contributed by atoms with Crippen LogP contribution in [0.2, 0.25) is 0 Å². The first-order chi connectivity index (χ1) is 9.94. The fraction of sp³-hybridized carbons (Fsp3) is 0.500. The van der Waals surface area contributed by atoms with E-state index in [4.69, 9.17) is 10.5 Å². The van der Waals surface area contributed by atoms with Crippen LogP contribution in [0, 0.1) is 0 Å². The van der Waals surface area contributed by atoms with Gasteiger partial charge < -0.3 is 15.8 Å². The lowest BCUT2D eigenvalue weighted by molar-refractivity contribution is -0.122. The number of amides is 1. The highest BCUT2D eigenvalue weighted by Gasteiger charge is 2.24. The molecule has 1 aromatic rings. The van der Waals surface area contributed by atoms with E-state index in [1.54, 1.807) is 24.3 Å². The van der Waals surface area contributed by atoms with Crippen LogP contribution >= 0.6 is 0 Å². The van der Waals surface area contributed by atoms with Crippen LogP contribution in [0.1, 0.15) is 19.3 Å². The lowest BCUT2D eigenvalue weighted by Gasteiger charge is -2.23. The molecular weight excluding hydrogens is 292 g/mol. The zero-order chi connectivity index (χ0) is 15.3. The van der Waals surface area contributed by atoms with Gasteiger partial charge in [-0.05, 0) is 37.1 Å².